The van der Waals surface area contributed by atoms with E-state index in [0.717, 1.165) is 42.8 Å². The number of rotatable bonds is 8. The molecule has 1 fully saturated rings. The van der Waals surface area contributed by atoms with Gasteiger partial charge in [-0.3, -0.25) is 5.01 Å². The van der Waals surface area contributed by atoms with Crippen LogP contribution in [0.25, 0.3) is 0 Å². The lowest BCUT2D eigenvalue weighted by molar-refractivity contribution is -0.0185. The Kier molecular flexibility index (Phi) is 8.51. The Morgan fingerprint density at radius 3 is 2.31 bits per heavy atom. The van der Waals surface area contributed by atoms with Gasteiger partial charge >= 0.3 is 6.03 Å². The predicted octanol–water partition coefficient (Wildman–Crippen LogP) is 5.78. The number of carbonyl (C=O) groups excluding carboxylic acids is 1. The Morgan fingerprint density at radius 2 is 1.72 bits per heavy atom. The summed E-state index contributed by atoms with van der Waals surface area (Å²) >= 11 is 0. The van der Waals surface area contributed by atoms with Gasteiger partial charge in [0.15, 0.2) is 0 Å². The molecule has 1 N–H and O–H groups in total. The second kappa shape index (κ2) is 11.3. The first-order chi connectivity index (χ1) is 15.3. The lowest BCUT2D eigenvalue weighted by atomic mass is 10.0. The van der Waals surface area contributed by atoms with Gasteiger partial charge in [0.2, 0.25) is 0 Å². The standard InChI is InChI=1S/C26H36FN3O2/c1-19(2)18-32-25-11-7-23(8-12-25)21(4)28-26(31)30(29-15-13-20(3)14-16-29)17-22-5-9-24(27)10-6-22/h5-12,19-21H,13-18H2,1-4H3,(H,28,31). The highest BCUT2D eigenvalue weighted by Crippen LogP contribution is 2.22. The lowest BCUT2D eigenvalue weighted by Gasteiger charge is -2.39. The third-order valence-electron chi connectivity index (χ3n) is 5.88. The van der Waals surface area contributed by atoms with Crippen LogP contribution in [0.3, 0.4) is 0 Å². The molecule has 1 aliphatic rings. The van der Waals surface area contributed by atoms with Gasteiger partial charge in [-0.25, -0.2) is 14.2 Å². The van der Waals surface area contributed by atoms with Crippen molar-refractivity contribution in [3.63, 3.8) is 0 Å². The molecule has 1 heterocycles. The third kappa shape index (κ3) is 6.95. The summed E-state index contributed by atoms with van der Waals surface area (Å²) in [6, 6.07) is 13.9. The molecule has 2 aromatic carbocycles. The summed E-state index contributed by atoms with van der Waals surface area (Å²) < 4.78 is 19.1. The quantitative estimate of drug-likeness (QED) is 0.565. The summed E-state index contributed by atoms with van der Waals surface area (Å²) in [6.45, 7) is 11.2. The molecule has 1 atom stereocenters. The molecular formula is C26H36FN3O2. The molecule has 174 valence electrons. The highest BCUT2D eigenvalue weighted by atomic mass is 19.1. The number of urea groups is 1. The van der Waals surface area contributed by atoms with Crippen molar-refractivity contribution in [3.05, 3.63) is 65.5 Å². The number of nitrogens with one attached hydrogen (secondary N) is 1. The number of hydrazine groups is 1. The minimum absolute atomic E-state index is 0.142. The van der Waals surface area contributed by atoms with Gasteiger partial charge in [-0.1, -0.05) is 45.0 Å². The molecule has 0 aliphatic carbocycles. The van der Waals surface area contributed by atoms with Gasteiger partial charge in [-0.2, -0.15) is 0 Å². The SMILES string of the molecule is CC(C)COc1ccc(C(C)NC(=O)N(Cc2ccc(F)cc2)N2CCC(C)CC2)cc1. The molecule has 1 saturated heterocycles. The first-order valence-electron chi connectivity index (χ1n) is 11.6. The number of ether oxygens (including phenoxy) is 1. The maximum Gasteiger partial charge on any atom is 0.332 e. The van der Waals surface area contributed by atoms with Gasteiger partial charge in [-0.15, -0.1) is 0 Å². The fourth-order valence-corrected chi connectivity index (χ4v) is 3.76. The van der Waals surface area contributed by atoms with E-state index in [0.29, 0.717) is 25.0 Å². The first-order valence-corrected chi connectivity index (χ1v) is 11.6. The summed E-state index contributed by atoms with van der Waals surface area (Å²) in [5.41, 5.74) is 1.92. The smallest absolute Gasteiger partial charge is 0.332 e. The molecule has 0 bridgehead atoms. The topological polar surface area (TPSA) is 44.8 Å². The van der Waals surface area contributed by atoms with Crippen molar-refractivity contribution in [1.82, 2.24) is 15.3 Å². The van der Waals surface area contributed by atoms with Crippen LogP contribution in [0.1, 0.15) is 57.7 Å². The van der Waals surface area contributed by atoms with Crippen LogP contribution >= 0.6 is 0 Å². The average molecular weight is 442 g/mol. The van der Waals surface area contributed by atoms with E-state index in [-0.39, 0.29) is 17.9 Å². The normalized spacial score (nSPS) is 16.1. The van der Waals surface area contributed by atoms with Crippen LogP contribution < -0.4 is 10.1 Å². The van der Waals surface area contributed by atoms with Gasteiger partial charge in [0, 0.05) is 13.1 Å². The maximum atomic E-state index is 13.3. The van der Waals surface area contributed by atoms with Crippen molar-refractivity contribution in [2.45, 2.75) is 53.1 Å². The number of carbonyl (C=O) groups is 1. The highest BCUT2D eigenvalue weighted by Gasteiger charge is 2.26. The van der Waals surface area contributed by atoms with E-state index in [1.165, 1.54) is 12.1 Å². The maximum absolute atomic E-state index is 13.3. The number of amides is 2. The second-order valence-electron chi connectivity index (χ2n) is 9.27. The number of hydrogen-bond acceptors (Lipinski definition) is 3. The molecule has 6 heteroatoms. The summed E-state index contributed by atoms with van der Waals surface area (Å²) in [7, 11) is 0. The molecule has 0 aromatic heterocycles. The lowest BCUT2D eigenvalue weighted by Crippen LogP contribution is -2.53. The van der Waals surface area contributed by atoms with E-state index >= 15 is 0 Å². The Balaban J connectivity index is 1.67. The van der Waals surface area contributed by atoms with Crippen LogP contribution in [-0.4, -0.2) is 35.7 Å². The molecule has 2 aromatic rings. The van der Waals surface area contributed by atoms with E-state index < -0.39 is 0 Å². The Morgan fingerprint density at radius 1 is 1.09 bits per heavy atom. The van der Waals surface area contributed by atoms with Gasteiger partial charge in [0.25, 0.3) is 0 Å². The summed E-state index contributed by atoms with van der Waals surface area (Å²) in [4.78, 5) is 13.3. The van der Waals surface area contributed by atoms with Crippen LogP contribution in [0.4, 0.5) is 9.18 Å². The minimum atomic E-state index is -0.272. The van der Waals surface area contributed by atoms with Crippen LogP contribution in [0.2, 0.25) is 0 Å². The van der Waals surface area contributed by atoms with E-state index in [1.807, 2.05) is 31.2 Å². The fraction of sp³-hybridized carbons (Fsp3) is 0.500. The average Bonchev–Trinajstić information content (AvgIpc) is 2.78. The number of nitrogens with zero attached hydrogens (tertiary/aromatic N) is 2. The van der Waals surface area contributed by atoms with Crippen molar-refractivity contribution < 1.29 is 13.9 Å². The third-order valence-corrected chi connectivity index (χ3v) is 5.88. The van der Waals surface area contributed by atoms with Gasteiger partial charge in [0.05, 0.1) is 19.2 Å². The number of hydrogen-bond donors (Lipinski definition) is 1. The van der Waals surface area contributed by atoms with Crippen molar-refractivity contribution in [3.8, 4) is 5.75 Å². The van der Waals surface area contributed by atoms with Gasteiger partial charge in [-0.05, 0) is 67.0 Å². The Labute approximate surface area is 191 Å². The van der Waals surface area contributed by atoms with E-state index in [1.54, 1.807) is 17.1 Å². The molecule has 0 radical (unpaired) electrons. The minimum Gasteiger partial charge on any atom is -0.493 e. The Bertz CT molecular complexity index is 846. The number of benzene rings is 2. The molecule has 1 aliphatic heterocycles. The largest absolute Gasteiger partial charge is 0.493 e. The monoisotopic (exact) mass is 441 g/mol. The molecule has 32 heavy (non-hydrogen) atoms. The molecule has 1 unspecified atom stereocenters. The van der Waals surface area contributed by atoms with Crippen molar-refractivity contribution in [1.29, 1.82) is 0 Å². The van der Waals surface area contributed by atoms with Crippen LogP contribution in [0, 0.1) is 17.7 Å². The zero-order valence-electron chi connectivity index (χ0n) is 19.7. The molecule has 3 rings (SSSR count). The zero-order valence-corrected chi connectivity index (χ0v) is 19.7. The van der Waals surface area contributed by atoms with E-state index in [4.69, 9.17) is 4.74 Å². The summed E-state index contributed by atoms with van der Waals surface area (Å²) in [6.07, 6.45) is 2.11. The van der Waals surface area contributed by atoms with Crippen molar-refractivity contribution in [2.24, 2.45) is 11.8 Å². The first kappa shape index (κ1) is 24.1. The van der Waals surface area contributed by atoms with Gasteiger partial charge in [0.1, 0.15) is 11.6 Å². The van der Waals surface area contributed by atoms with E-state index in [2.05, 4.69) is 31.1 Å². The fourth-order valence-electron chi connectivity index (χ4n) is 3.76. The highest BCUT2D eigenvalue weighted by molar-refractivity contribution is 5.74. The van der Waals surface area contributed by atoms with Crippen LogP contribution in [0.5, 0.6) is 5.75 Å². The molecule has 0 saturated carbocycles. The number of halogens is 1. The summed E-state index contributed by atoms with van der Waals surface area (Å²) in [5.74, 6) is 1.70. The molecule has 5 nitrogen and oxygen atoms in total. The summed E-state index contributed by atoms with van der Waals surface area (Å²) in [5, 5.41) is 7.03. The molecule has 2 amide bonds. The van der Waals surface area contributed by atoms with Crippen LogP contribution in [-0.2, 0) is 6.54 Å². The van der Waals surface area contributed by atoms with Crippen LogP contribution in [0.15, 0.2) is 48.5 Å². The van der Waals surface area contributed by atoms with Crippen molar-refractivity contribution in [2.75, 3.05) is 19.7 Å². The second-order valence-corrected chi connectivity index (χ2v) is 9.27. The molecule has 0 spiro atoms. The Hall–Kier alpha value is -2.60. The predicted molar refractivity (Wildman–Crippen MR) is 126 cm³/mol. The molecular weight excluding hydrogens is 405 g/mol. The van der Waals surface area contributed by atoms with Gasteiger partial charge < -0.3 is 10.1 Å². The van der Waals surface area contributed by atoms with E-state index in [9.17, 15) is 9.18 Å². The zero-order chi connectivity index (χ0) is 23.1. The number of piperidine rings is 1. The van der Waals surface area contributed by atoms with Crippen molar-refractivity contribution >= 4 is 6.03 Å².